The Morgan fingerprint density at radius 3 is 2.64 bits per heavy atom. The first-order valence-electron chi connectivity index (χ1n) is 8.78. The lowest BCUT2D eigenvalue weighted by molar-refractivity contribution is 0.354. The van der Waals surface area contributed by atoms with E-state index in [9.17, 15) is 0 Å². The van der Waals surface area contributed by atoms with Gasteiger partial charge >= 0.3 is 0 Å². The summed E-state index contributed by atoms with van der Waals surface area (Å²) in [5.74, 6) is 1.86. The fourth-order valence-electron chi connectivity index (χ4n) is 2.89. The normalized spacial score (nSPS) is 11.0. The molecule has 0 aliphatic rings. The number of guanidine groups is 1. The summed E-state index contributed by atoms with van der Waals surface area (Å²) < 4.78 is 10.6. The lowest BCUT2D eigenvalue weighted by Crippen LogP contribution is -2.33. The minimum Gasteiger partial charge on any atom is -0.493 e. The third kappa shape index (κ3) is 5.48. The molecule has 1 aromatic heterocycles. The molecule has 148 valence electrons. The van der Waals surface area contributed by atoms with Crippen LogP contribution in [0.3, 0.4) is 0 Å². The number of rotatable bonds is 7. The minimum atomic E-state index is 0. The third-order valence-corrected chi connectivity index (χ3v) is 4.30. The highest BCUT2D eigenvalue weighted by molar-refractivity contribution is 14.0. The summed E-state index contributed by atoms with van der Waals surface area (Å²) in [5.41, 5.74) is 9.15. The van der Waals surface area contributed by atoms with E-state index in [2.05, 4.69) is 15.3 Å². The number of benzene rings is 2. The maximum Gasteiger partial charge on any atom is 0.188 e. The highest BCUT2D eigenvalue weighted by Gasteiger charge is 2.05. The highest BCUT2D eigenvalue weighted by Crippen LogP contribution is 2.27. The maximum absolute atomic E-state index is 6.01. The molecule has 7 heteroatoms. The molecule has 0 saturated carbocycles. The van der Waals surface area contributed by atoms with Crippen molar-refractivity contribution in [3.63, 3.8) is 0 Å². The summed E-state index contributed by atoms with van der Waals surface area (Å²) in [6.07, 6.45) is 2.59. The molecular formula is C21H25IN4O2. The number of methoxy groups -OCH3 is 2. The van der Waals surface area contributed by atoms with Crippen molar-refractivity contribution in [2.45, 2.75) is 13.0 Å². The Kier molecular flexibility index (Phi) is 8.31. The van der Waals surface area contributed by atoms with Crippen LogP contribution in [-0.2, 0) is 13.0 Å². The average Bonchev–Trinajstić information content (AvgIpc) is 2.72. The monoisotopic (exact) mass is 492 g/mol. The lowest BCUT2D eigenvalue weighted by Gasteiger charge is -2.10. The van der Waals surface area contributed by atoms with Gasteiger partial charge in [0.25, 0.3) is 0 Å². The van der Waals surface area contributed by atoms with Gasteiger partial charge in [0.1, 0.15) is 0 Å². The number of ether oxygens (including phenoxy) is 2. The minimum absolute atomic E-state index is 0. The van der Waals surface area contributed by atoms with Crippen LogP contribution in [0.5, 0.6) is 11.5 Å². The van der Waals surface area contributed by atoms with E-state index in [1.54, 1.807) is 20.4 Å². The molecule has 0 saturated heterocycles. The number of nitrogens with zero attached hydrogens (tertiary/aromatic N) is 2. The molecule has 0 radical (unpaired) electrons. The Balaban J connectivity index is 0.00000280. The van der Waals surface area contributed by atoms with Crippen LogP contribution in [0, 0.1) is 0 Å². The first-order valence-corrected chi connectivity index (χ1v) is 8.78. The van der Waals surface area contributed by atoms with E-state index < -0.39 is 0 Å². The molecule has 6 nitrogen and oxygen atoms in total. The Hall–Kier alpha value is -2.55. The molecule has 0 spiro atoms. The average molecular weight is 492 g/mol. The molecule has 3 rings (SSSR count). The van der Waals surface area contributed by atoms with Crippen LogP contribution in [0.25, 0.3) is 10.9 Å². The van der Waals surface area contributed by atoms with E-state index >= 15 is 0 Å². The summed E-state index contributed by atoms with van der Waals surface area (Å²) in [6, 6.07) is 15.9. The maximum atomic E-state index is 6.01. The van der Waals surface area contributed by atoms with E-state index in [1.165, 1.54) is 0 Å². The molecular weight excluding hydrogens is 467 g/mol. The molecule has 3 aromatic rings. The number of nitrogens with one attached hydrogen (secondary N) is 1. The van der Waals surface area contributed by atoms with Crippen molar-refractivity contribution in [3.8, 4) is 11.5 Å². The van der Waals surface area contributed by atoms with Crippen molar-refractivity contribution >= 4 is 40.8 Å². The number of aliphatic imine (C=N–C) groups is 1. The van der Waals surface area contributed by atoms with E-state index in [0.29, 0.717) is 19.0 Å². The molecule has 0 aliphatic heterocycles. The van der Waals surface area contributed by atoms with Crippen molar-refractivity contribution in [1.82, 2.24) is 10.3 Å². The van der Waals surface area contributed by atoms with Gasteiger partial charge in [-0.05, 0) is 35.7 Å². The zero-order valence-electron chi connectivity index (χ0n) is 16.0. The van der Waals surface area contributed by atoms with Gasteiger partial charge in [-0.1, -0.05) is 30.3 Å². The van der Waals surface area contributed by atoms with E-state index in [0.717, 1.165) is 39.9 Å². The predicted molar refractivity (Wildman–Crippen MR) is 124 cm³/mol. The number of aromatic nitrogens is 1. The van der Waals surface area contributed by atoms with E-state index in [-0.39, 0.29) is 24.0 Å². The van der Waals surface area contributed by atoms with Gasteiger partial charge in [-0.2, -0.15) is 0 Å². The number of pyridine rings is 1. The van der Waals surface area contributed by atoms with Gasteiger partial charge in [0.05, 0.1) is 26.3 Å². The third-order valence-electron chi connectivity index (χ3n) is 4.30. The Bertz CT molecular complexity index is 941. The first kappa shape index (κ1) is 21.7. The molecule has 0 aliphatic carbocycles. The molecule has 28 heavy (non-hydrogen) atoms. The standard InChI is InChI=1S/C21H24N4O2.HI/c1-26-18-9-8-15(13-19(18)27-2)10-12-24-21(22)25-14-17-6-3-5-16-7-4-11-23-20(16)17;/h3-9,11,13H,10,12,14H2,1-2H3,(H3,22,24,25);1H. The number of fused-ring (bicyclic) bond motifs is 1. The van der Waals surface area contributed by atoms with Gasteiger partial charge in [-0.3, -0.25) is 4.98 Å². The topological polar surface area (TPSA) is 81.8 Å². The fraction of sp³-hybridized carbons (Fsp3) is 0.238. The highest BCUT2D eigenvalue weighted by atomic mass is 127. The zero-order chi connectivity index (χ0) is 19.1. The van der Waals surface area contributed by atoms with Crippen molar-refractivity contribution in [2.75, 3.05) is 20.8 Å². The SMILES string of the molecule is COc1ccc(CCNC(N)=NCc2cccc3cccnc23)cc1OC.I. The summed E-state index contributed by atoms with van der Waals surface area (Å²) in [7, 11) is 3.26. The second-order valence-electron chi connectivity index (χ2n) is 6.06. The number of hydrogen-bond acceptors (Lipinski definition) is 4. The number of hydrogen-bond donors (Lipinski definition) is 2. The van der Waals surface area contributed by atoms with E-state index in [4.69, 9.17) is 15.2 Å². The number of halogens is 1. The fourth-order valence-corrected chi connectivity index (χ4v) is 2.89. The molecule has 3 N–H and O–H groups in total. The van der Waals surface area contributed by atoms with Crippen LogP contribution >= 0.6 is 24.0 Å². The molecule has 0 fully saturated rings. The molecule has 0 amide bonds. The number of nitrogens with two attached hydrogens (primary N) is 1. The van der Waals surface area contributed by atoms with Crippen molar-refractivity contribution in [2.24, 2.45) is 10.7 Å². The first-order chi connectivity index (χ1) is 13.2. The van der Waals surface area contributed by atoms with Gasteiger partial charge in [0.2, 0.25) is 0 Å². The van der Waals surface area contributed by atoms with Crippen LogP contribution in [0.15, 0.2) is 59.7 Å². The van der Waals surface area contributed by atoms with Crippen LogP contribution in [0.4, 0.5) is 0 Å². The summed E-state index contributed by atoms with van der Waals surface area (Å²) in [6.45, 7) is 1.17. The smallest absolute Gasteiger partial charge is 0.188 e. The van der Waals surface area contributed by atoms with Crippen LogP contribution in [0.2, 0.25) is 0 Å². The van der Waals surface area contributed by atoms with Gasteiger partial charge in [-0.15, -0.1) is 24.0 Å². The molecule has 0 unspecified atom stereocenters. The summed E-state index contributed by atoms with van der Waals surface area (Å²) >= 11 is 0. The molecule has 0 atom stereocenters. The van der Waals surface area contributed by atoms with Gasteiger partial charge in [-0.25, -0.2) is 4.99 Å². The second kappa shape index (κ2) is 10.7. The summed E-state index contributed by atoms with van der Waals surface area (Å²) in [5, 5.41) is 4.25. The van der Waals surface area contributed by atoms with Crippen molar-refractivity contribution in [1.29, 1.82) is 0 Å². The van der Waals surface area contributed by atoms with Crippen molar-refractivity contribution < 1.29 is 9.47 Å². The van der Waals surface area contributed by atoms with Gasteiger partial charge in [0.15, 0.2) is 17.5 Å². The Labute approximate surface area is 182 Å². The molecule has 0 bridgehead atoms. The van der Waals surface area contributed by atoms with E-state index in [1.807, 2.05) is 48.5 Å². The lowest BCUT2D eigenvalue weighted by atomic mass is 10.1. The second-order valence-corrected chi connectivity index (χ2v) is 6.06. The Morgan fingerprint density at radius 1 is 1.07 bits per heavy atom. The Morgan fingerprint density at radius 2 is 1.86 bits per heavy atom. The number of para-hydroxylation sites is 1. The largest absolute Gasteiger partial charge is 0.493 e. The van der Waals surface area contributed by atoms with Crippen LogP contribution < -0.4 is 20.5 Å². The van der Waals surface area contributed by atoms with Gasteiger partial charge < -0.3 is 20.5 Å². The zero-order valence-corrected chi connectivity index (χ0v) is 18.3. The van der Waals surface area contributed by atoms with Crippen LogP contribution in [-0.4, -0.2) is 31.7 Å². The molecule has 1 heterocycles. The van der Waals surface area contributed by atoms with Crippen LogP contribution in [0.1, 0.15) is 11.1 Å². The predicted octanol–water partition coefficient (Wildman–Crippen LogP) is 3.52. The quantitative estimate of drug-likeness (QED) is 0.300. The molecule has 2 aromatic carbocycles. The summed E-state index contributed by atoms with van der Waals surface area (Å²) in [4.78, 5) is 8.87. The van der Waals surface area contributed by atoms with Gasteiger partial charge in [0, 0.05) is 18.1 Å². The van der Waals surface area contributed by atoms with Crippen molar-refractivity contribution in [3.05, 3.63) is 65.9 Å².